The molecule has 0 saturated heterocycles. The molecule has 0 atom stereocenters. The summed E-state index contributed by atoms with van der Waals surface area (Å²) in [5.74, 6) is 0.693. The largest absolute Gasteiger partial charge is 0.421 e. The molecule has 4 heteroatoms. The van der Waals surface area contributed by atoms with E-state index >= 15 is 0 Å². The predicted molar refractivity (Wildman–Crippen MR) is 100 cm³/mol. The highest BCUT2D eigenvalue weighted by molar-refractivity contribution is 6.33. The van der Waals surface area contributed by atoms with Gasteiger partial charge in [0.1, 0.15) is 10.8 Å². The van der Waals surface area contributed by atoms with E-state index in [9.17, 15) is 4.79 Å². The lowest BCUT2D eigenvalue weighted by Gasteiger charge is -2.35. The fourth-order valence-corrected chi connectivity index (χ4v) is 4.03. The van der Waals surface area contributed by atoms with Gasteiger partial charge in [-0.25, -0.2) is 4.79 Å². The molecule has 24 heavy (non-hydrogen) atoms. The zero-order valence-corrected chi connectivity index (χ0v) is 15.5. The van der Waals surface area contributed by atoms with Crippen LogP contribution in [0.3, 0.4) is 0 Å². The molecule has 1 aromatic heterocycles. The van der Waals surface area contributed by atoms with Gasteiger partial charge in [0.2, 0.25) is 0 Å². The van der Waals surface area contributed by atoms with Gasteiger partial charge in [0.25, 0.3) is 0 Å². The second kappa shape index (κ2) is 6.64. The molecule has 0 amide bonds. The Hall–Kier alpha value is -1.74. The molecule has 1 aromatic carbocycles. The minimum Gasteiger partial charge on any atom is -0.421 e. The lowest BCUT2D eigenvalue weighted by Crippen LogP contribution is -2.38. The minimum atomic E-state index is -0.451. The molecular formula is C20H24ClNO2. The van der Waals surface area contributed by atoms with Crippen molar-refractivity contribution < 1.29 is 4.42 Å². The number of nitrogens with zero attached hydrogens (tertiary/aromatic N) is 1. The van der Waals surface area contributed by atoms with E-state index in [4.69, 9.17) is 16.0 Å². The van der Waals surface area contributed by atoms with Crippen LogP contribution in [0.1, 0.15) is 45.2 Å². The monoisotopic (exact) mass is 345 g/mol. The van der Waals surface area contributed by atoms with E-state index in [2.05, 4.69) is 38.7 Å². The average Bonchev–Trinajstić information content (AvgIpc) is 2.70. The molecule has 1 aliphatic carbocycles. The molecule has 3 rings (SSSR count). The number of hydrogen-bond acceptors (Lipinski definition) is 3. The van der Waals surface area contributed by atoms with Crippen molar-refractivity contribution in [2.45, 2.75) is 59.0 Å². The Balaban J connectivity index is 2.34. The average molecular weight is 346 g/mol. The molecule has 0 radical (unpaired) electrons. The van der Waals surface area contributed by atoms with Crippen molar-refractivity contribution >= 4 is 17.3 Å². The van der Waals surface area contributed by atoms with Gasteiger partial charge >= 0.3 is 5.63 Å². The van der Waals surface area contributed by atoms with Gasteiger partial charge in [-0.1, -0.05) is 35.9 Å². The molecule has 3 nitrogen and oxygen atoms in total. The molecule has 1 heterocycles. The molecule has 0 spiro atoms. The lowest BCUT2D eigenvalue weighted by atomic mass is 10.0. The number of hydrogen-bond donors (Lipinski definition) is 0. The van der Waals surface area contributed by atoms with Gasteiger partial charge in [-0.15, -0.1) is 0 Å². The van der Waals surface area contributed by atoms with E-state index in [-0.39, 0.29) is 17.1 Å². The Morgan fingerprint density at radius 1 is 1.08 bits per heavy atom. The summed E-state index contributed by atoms with van der Waals surface area (Å²) in [7, 11) is 0. The van der Waals surface area contributed by atoms with Crippen LogP contribution in [0.15, 0.2) is 33.5 Å². The number of rotatable bonds is 3. The number of fused-ring (bicyclic) bond motifs is 3. The van der Waals surface area contributed by atoms with Gasteiger partial charge < -0.3 is 9.32 Å². The summed E-state index contributed by atoms with van der Waals surface area (Å²) >= 11 is 6.45. The first-order chi connectivity index (χ1) is 11.4. The van der Waals surface area contributed by atoms with Gasteiger partial charge in [-0.05, 0) is 52.5 Å². The molecule has 0 aliphatic heterocycles. The fourth-order valence-electron chi connectivity index (χ4n) is 3.78. The third-order valence-corrected chi connectivity index (χ3v) is 4.98. The molecule has 0 bridgehead atoms. The summed E-state index contributed by atoms with van der Waals surface area (Å²) in [6, 6.07) is 8.66. The normalized spacial score (nSPS) is 13.6. The SMILES string of the molecule is CC(C)N(c1c2c(oc(=O)c1Cl)-c1ccccc1CCC2)C(C)C. The van der Waals surface area contributed by atoms with Crippen molar-refractivity contribution in [3.05, 3.63) is 50.8 Å². The third kappa shape index (κ3) is 2.86. The molecule has 0 N–H and O–H groups in total. The maximum absolute atomic E-state index is 12.5. The summed E-state index contributed by atoms with van der Waals surface area (Å²) in [5, 5.41) is 0.204. The Bertz CT molecular complexity index is 800. The van der Waals surface area contributed by atoms with E-state index < -0.39 is 5.63 Å². The second-order valence-electron chi connectivity index (χ2n) is 6.97. The van der Waals surface area contributed by atoms with Gasteiger partial charge in [-0.2, -0.15) is 0 Å². The maximum Gasteiger partial charge on any atom is 0.357 e. The van der Waals surface area contributed by atoms with Crippen molar-refractivity contribution in [2.75, 3.05) is 4.90 Å². The zero-order chi connectivity index (χ0) is 17.4. The van der Waals surface area contributed by atoms with Crippen LogP contribution in [0, 0.1) is 0 Å². The Morgan fingerprint density at radius 3 is 2.42 bits per heavy atom. The quantitative estimate of drug-likeness (QED) is 0.778. The van der Waals surface area contributed by atoms with E-state index in [0.717, 1.165) is 36.1 Å². The highest BCUT2D eigenvalue weighted by Gasteiger charge is 2.28. The van der Waals surface area contributed by atoms with Crippen LogP contribution in [-0.4, -0.2) is 12.1 Å². The maximum atomic E-state index is 12.5. The number of benzene rings is 1. The van der Waals surface area contributed by atoms with Gasteiger partial charge in [0, 0.05) is 23.2 Å². The highest BCUT2D eigenvalue weighted by Crippen LogP contribution is 2.40. The smallest absolute Gasteiger partial charge is 0.357 e. The molecule has 128 valence electrons. The number of anilines is 1. The van der Waals surface area contributed by atoms with Crippen LogP contribution in [0.5, 0.6) is 0 Å². The zero-order valence-electron chi connectivity index (χ0n) is 14.7. The Morgan fingerprint density at radius 2 is 1.75 bits per heavy atom. The van der Waals surface area contributed by atoms with Gasteiger partial charge in [0.05, 0.1) is 5.69 Å². The third-order valence-electron chi connectivity index (χ3n) is 4.65. The van der Waals surface area contributed by atoms with Crippen molar-refractivity contribution in [2.24, 2.45) is 0 Å². The Kier molecular flexibility index (Phi) is 4.73. The van der Waals surface area contributed by atoms with Crippen LogP contribution in [0.4, 0.5) is 5.69 Å². The summed E-state index contributed by atoms with van der Waals surface area (Å²) in [6.07, 6.45) is 2.86. The number of halogens is 1. The van der Waals surface area contributed by atoms with E-state index in [1.165, 1.54) is 5.56 Å². The van der Waals surface area contributed by atoms with Gasteiger partial charge in [-0.3, -0.25) is 0 Å². The molecule has 0 fully saturated rings. The van der Waals surface area contributed by atoms with Gasteiger partial charge in [0.15, 0.2) is 0 Å². The van der Waals surface area contributed by atoms with E-state index in [1.54, 1.807) is 0 Å². The summed E-state index contributed by atoms with van der Waals surface area (Å²) in [5.41, 5.74) is 3.71. The van der Waals surface area contributed by atoms with Crippen LogP contribution >= 0.6 is 11.6 Å². The first-order valence-corrected chi connectivity index (χ1v) is 9.01. The predicted octanol–water partition coefficient (Wildman–Crippen LogP) is 5.07. The summed E-state index contributed by atoms with van der Waals surface area (Å²) in [4.78, 5) is 14.7. The highest BCUT2D eigenvalue weighted by atomic mass is 35.5. The lowest BCUT2D eigenvalue weighted by molar-refractivity contribution is 0.515. The van der Waals surface area contributed by atoms with Crippen molar-refractivity contribution in [3.63, 3.8) is 0 Å². The second-order valence-corrected chi connectivity index (χ2v) is 7.34. The number of aryl methyl sites for hydroxylation is 1. The van der Waals surface area contributed by atoms with Crippen LogP contribution in [0.25, 0.3) is 11.3 Å². The first-order valence-electron chi connectivity index (χ1n) is 8.64. The topological polar surface area (TPSA) is 33.5 Å². The molecule has 2 aromatic rings. The van der Waals surface area contributed by atoms with Crippen LogP contribution in [0.2, 0.25) is 5.02 Å². The van der Waals surface area contributed by atoms with E-state index in [1.807, 2.05) is 18.2 Å². The van der Waals surface area contributed by atoms with Crippen molar-refractivity contribution in [1.82, 2.24) is 0 Å². The van der Waals surface area contributed by atoms with Crippen molar-refractivity contribution in [3.8, 4) is 11.3 Å². The summed E-state index contributed by atoms with van der Waals surface area (Å²) in [6.45, 7) is 8.51. The molecule has 1 aliphatic rings. The Labute approximate surface area is 148 Å². The van der Waals surface area contributed by atoms with Crippen LogP contribution in [-0.2, 0) is 12.8 Å². The summed E-state index contributed by atoms with van der Waals surface area (Å²) < 4.78 is 5.67. The van der Waals surface area contributed by atoms with Crippen molar-refractivity contribution in [1.29, 1.82) is 0 Å². The van der Waals surface area contributed by atoms with Crippen LogP contribution < -0.4 is 10.5 Å². The standard InChI is InChI=1S/C20H24ClNO2/c1-12(2)22(13(3)4)18-16-11-7-9-14-8-5-6-10-15(14)19(16)24-20(23)17(18)21/h5-6,8,10,12-13H,7,9,11H2,1-4H3. The fraction of sp³-hybridized carbons (Fsp3) is 0.450. The minimum absolute atomic E-state index is 0.204. The molecule has 0 saturated carbocycles. The molecular weight excluding hydrogens is 322 g/mol. The molecule has 0 unspecified atom stereocenters. The van der Waals surface area contributed by atoms with E-state index in [0.29, 0.717) is 5.76 Å². The first kappa shape index (κ1) is 17.1.